The highest BCUT2D eigenvalue weighted by Gasteiger charge is 2.33. The van der Waals surface area contributed by atoms with Crippen LogP contribution in [-0.4, -0.2) is 54.0 Å². The number of hydrogen-bond acceptors (Lipinski definition) is 6. The van der Waals surface area contributed by atoms with Gasteiger partial charge in [-0.05, 0) is 17.7 Å². The molecule has 0 unspecified atom stereocenters. The fourth-order valence-electron chi connectivity index (χ4n) is 2.89. The van der Waals surface area contributed by atoms with E-state index in [4.69, 9.17) is 16.1 Å². The number of carbonyl (C=O) groups excluding carboxylic acids is 1. The molecule has 0 N–H and O–H groups in total. The number of hydrogen-bond donors (Lipinski definition) is 0. The summed E-state index contributed by atoms with van der Waals surface area (Å²) in [4.78, 5) is 18.8. The van der Waals surface area contributed by atoms with Crippen molar-refractivity contribution in [2.45, 2.75) is 12.6 Å². The highest BCUT2D eigenvalue weighted by molar-refractivity contribution is 7.88. The van der Waals surface area contributed by atoms with E-state index in [1.54, 1.807) is 61.6 Å². The lowest BCUT2D eigenvalue weighted by Gasteiger charge is -2.29. The summed E-state index contributed by atoms with van der Waals surface area (Å²) in [5, 5.41) is 4.47. The minimum absolute atomic E-state index is 0.0212. The molecule has 0 spiro atoms. The molecule has 3 aromatic rings. The summed E-state index contributed by atoms with van der Waals surface area (Å²) in [6.07, 6.45) is 1.06. The molecule has 8 nitrogen and oxygen atoms in total. The molecule has 10 heteroatoms. The third-order valence-electron chi connectivity index (χ3n) is 4.54. The molecule has 1 aromatic heterocycles. The van der Waals surface area contributed by atoms with Crippen LogP contribution in [0, 0.1) is 0 Å². The van der Waals surface area contributed by atoms with Crippen molar-refractivity contribution < 1.29 is 17.7 Å². The molecule has 1 heterocycles. The molecular formula is C20H21ClN4O4S. The quantitative estimate of drug-likeness (QED) is 0.551. The lowest BCUT2D eigenvalue weighted by atomic mass is 10.1. The Morgan fingerprint density at radius 3 is 2.47 bits per heavy atom. The van der Waals surface area contributed by atoms with E-state index in [-0.39, 0.29) is 12.4 Å². The van der Waals surface area contributed by atoms with Crippen LogP contribution in [0.1, 0.15) is 17.5 Å². The van der Waals surface area contributed by atoms with E-state index in [0.29, 0.717) is 22.0 Å². The molecule has 0 saturated heterocycles. The first-order valence-corrected chi connectivity index (χ1v) is 11.2. The number of sulfonamides is 1. The third kappa shape index (κ3) is 5.05. The van der Waals surface area contributed by atoms with Crippen molar-refractivity contribution in [3.05, 3.63) is 71.1 Å². The number of halogens is 1. The van der Waals surface area contributed by atoms with Gasteiger partial charge in [-0.15, -0.1) is 0 Å². The van der Waals surface area contributed by atoms with E-state index in [2.05, 4.69) is 10.1 Å². The molecule has 0 radical (unpaired) electrons. The molecule has 1 amide bonds. The molecule has 0 bridgehead atoms. The van der Waals surface area contributed by atoms with Gasteiger partial charge in [0.2, 0.25) is 27.6 Å². The van der Waals surface area contributed by atoms with Crippen LogP contribution in [0.2, 0.25) is 5.02 Å². The van der Waals surface area contributed by atoms with Crippen LogP contribution in [0.3, 0.4) is 0 Å². The molecule has 30 heavy (non-hydrogen) atoms. The third-order valence-corrected chi connectivity index (χ3v) is 6.03. The van der Waals surface area contributed by atoms with Crippen LogP contribution >= 0.6 is 11.6 Å². The number of amides is 1. The minimum Gasteiger partial charge on any atom is -0.337 e. The maximum Gasteiger partial charge on any atom is 0.246 e. The number of aromatic nitrogens is 2. The zero-order valence-corrected chi connectivity index (χ0v) is 18.3. The lowest BCUT2D eigenvalue weighted by molar-refractivity contribution is -0.134. The first-order chi connectivity index (χ1) is 14.2. The summed E-state index contributed by atoms with van der Waals surface area (Å²) < 4.78 is 30.6. The Balaban J connectivity index is 1.82. The van der Waals surface area contributed by atoms with Gasteiger partial charge in [-0.25, -0.2) is 8.42 Å². The maximum atomic E-state index is 13.2. The average molecular weight is 449 g/mol. The molecule has 0 aliphatic heterocycles. The number of nitrogens with zero attached hydrogens (tertiary/aromatic N) is 4. The van der Waals surface area contributed by atoms with Crippen LogP contribution in [0.15, 0.2) is 59.1 Å². The van der Waals surface area contributed by atoms with Gasteiger partial charge in [0.05, 0.1) is 12.8 Å². The Labute approximate surface area is 180 Å². The Kier molecular flexibility index (Phi) is 6.55. The number of likely N-dealkylation sites (N-methyl/N-ethyl adjacent to an activating group) is 2. The number of carbonyl (C=O) groups is 1. The SMILES string of the molecule is CN(Cc1nc(-c2cccc(Cl)c2)no1)C(=O)[C@@H](c1ccccc1)N(C)S(C)(=O)=O. The second-order valence-corrected chi connectivity index (χ2v) is 9.29. The molecule has 158 valence electrons. The van der Waals surface area contributed by atoms with Crippen molar-refractivity contribution in [1.29, 1.82) is 0 Å². The van der Waals surface area contributed by atoms with E-state index in [0.717, 1.165) is 10.6 Å². The minimum atomic E-state index is -3.62. The van der Waals surface area contributed by atoms with Crippen molar-refractivity contribution in [3.63, 3.8) is 0 Å². The predicted molar refractivity (Wildman–Crippen MR) is 113 cm³/mol. The summed E-state index contributed by atoms with van der Waals surface area (Å²) in [6.45, 7) is 0.0212. The Hall–Kier alpha value is -2.75. The number of rotatable bonds is 7. The van der Waals surface area contributed by atoms with Crippen LogP contribution in [0.5, 0.6) is 0 Å². The topological polar surface area (TPSA) is 96.6 Å². The largest absolute Gasteiger partial charge is 0.337 e. The first-order valence-electron chi connectivity index (χ1n) is 8.98. The summed E-state index contributed by atoms with van der Waals surface area (Å²) in [7, 11) is -0.685. The molecule has 0 saturated carbocycles. The van der Waals surface area contributed by atoms with Crippen molar-refractivity contribution >= 4 is 27.5 Å². The lowest BCUT2D eigenvalue weighted by Crippen LogP contribution is -2.41. The molecule has 0 aliphatic rings. The van der Waals surface area contributed by atoms with Crippen LogP contribution in [0.4, 0.5) is 0 Å². The highest BCUT2D eigenvalue weighted by atomic mass is 35.5. The Morgan fingerprint density at radius 1 is 1.13 bits per heavy atom. The standard InChI is InChI=1S/C20H21ClN4O4S/c1-24(13-17-22-19(23-29-17)15-10-7-11-16(21)12-15)20(26)18(25(2)30(3,27)28)14-8-5-4-6-9-14/h4-12,18H,13H2,1-3H3/t18-/m1/s1. The van der Waals surface area contributed by atoms with E-state index in [1.807, 2.05) is 0 Å². The van der Waals surface area contributed by atoms with Crippen molar-refractivity contribution in [2.24, 2.45) is 0 Å². The molecule has 2 aromatic carbocycles. The van der Waals surface area contributed by atoms with Gasteiger partial charge in [-0.3, -0.25) is 4.79 Å². The molecule has 1 atom stereocenters. The van der Waals surface area contributed by atoms with Gasteiger partial charge < -0.3 is 9.42 Å². The van der Waals surface area contributed by atoms with E-state index in [9.17, 15) is 13.2 Å². The van der Waals surface area contributed by atoms with Gasteiger partial charge in [0.25, 0.3) is 0 Å². The predicted octanol–water partition coefficient (Wildman–Crippen LogP) is 2.98. The summed E-state index contributed by atoms with van der Waals surface area (Å²) >= 11 is 5.99. The maximum absolute atomic E-state index is 13.2. The van der Waals surface area contributed by atoms with E-state index in [1.165, 1.54) is 11.9 Å². The smallest absolute Gasteiger partial charge is 0.246 e. The van der Waals surface area contributed by atoms with E-state index < -0.39 is 22.0 Å². The van der Waals surface area contributed by atoms with Gasteiger partial charge >= 0.3 is 0 Å². The molecule has 0 aliphatic carbocycles. The van der Waals surface area contributed by atoms with Gasteiger partial charge in [0.1, 0.15) is 6.04 Å². The Morgan fingerprint density at radius 2 is 1.83 bits per heavy atom. The van der Waals surface area contributed by atoms with Crippen molar-refractivity contribution in [1.82, 2.24) is 19.3 Å². The van der Waals surface area contributed by atoms with Crippen molar-refractivity contribution in [2.75, 3.05) is 20.4 Å². The van der Waals surface area contributed by atoms with Crippen LogP contribution < -0.4 is 0 Å². The van der Waals surface area contributed by atoms with Gasteiger partial charge in [0, 0.05) is 24.7 Å². The second kappa shape index (κ2) is 8.95. The first kappa shape index (κ1) is 21.9. The highest BCUT2D eigenvalue weighted by Crippen LogP contribution is 2.25. The molecule has 0 fully saturated rings. The zero-order chi connectivity index (χ0) is 21.9. The van der Waals surface area contributed by atoms with Gasteiger partial charge in [-0.1, -0.05) is 59.2 Å². The second-order valence-electron chi connectivity index (χ2n) is 6.81. The summed E-state index contributed by atoms with van der Waals surface area (Å²) in [6, 6.07) is 14.7. The fraction of sp³-hybridized carbons (Fsp3) is 0.250. The van der Waals surface area contributed by atoms with E-state index >= 15 is 0 Å². The average Bonchev–Trinajstić information content (AvgIpc) is 3.16. The van der Waals surface area contributed by atoms with Crippen molar-refractivity contribution in [3.8, 4) is 11.4 Å². The fourth-order valence-corrected chi connectivity index (χ4v) is 3.67. The number of benzene rings is 2. The van der Waals surface area contributed by atoms with Gasteiger partial charge in [0.15, 0.2) is 0 Å². The monoisotopic (exact) mass is 448 g/mol. The van der Waals surface area contributed by atoms with Crippen LogP contribution in [-0.2, 0) is 21.4 Å². The summed E-state index contributed by atoms with van der Waals surface area (Å²) in [5.74, 6) is 0.146. The molecular weight excluding hydrogens is 428 g/mol. The Bertz CT molecular complexity index is 1130. The van der Waals surface area contributed by atoms with Gasteiger partial charge in [-0.2, -0.15) is 9.29 Å². The zero-order valence-electron chi connectivity index (χ0n) is 16.7. The molecule has 3 rings (SSSR count). The van der Waals surface area contributed by atoms with Crippen LogP contribution in [0.25, 0.3) is 11.4 Å². The normalized spacial score (nSPS) is 12.7. The summed E-state index contributed by atoms with van der Waals surface area (Å²) in [5.41, 5.74) is 1.25.